The lowest BCUT2D eigenvalue weighted by molar-refractivity contribution is 0.182. The van der Waals surface area contributed by atoms with Gasteiger partial charge in [-0.3, -0.25) is 10.5 Å². The van der Waals surface area contributed by atoms with Crippen molar-refractivity contribution in [1.82, 2.24) is 25.2 Å². The number of hydrogen-bond acceptors (Lipinski definition) is 6. The lowest BCUT2D eigenvalue weighted by Crippen LogP contribution is -2.32. The Hall–Kier alpha value is -1.54. The van der Waals surface area contributed by atoms with Gasteiger partial charge in [0.1, 0.15) is 6.04 Å². The zero-order chi connectivity index (χ0) is 14.5. The summed E-state index contributed by atoms with van der Waals surface area (Å²) >= 11 is 6.20. The fourth-order valence-electron chi connectivity index (χ4n) is 1.84. The fraction of sp³-hybridized carbons (Fsp3) is 0.417. The number of rotatable bonds is 6. The molecule has 7 nitrogen and oxygen atoms in total. The maximum absolute atomic E-state index is 6.20. The van der Waals surface area contributed by atoms with Crippen molar-refractivity contribution in [1.29, 1.82) is 0 Å². The van der Waals surface area contributed by atoms with Gasteiger partial charge in [-0.2, -0.15) is 5.10 Å². The Kier molecular flexibility index (Phi) is 5.02. The molecule has 0 saturated heterocycles. The molecule has 0 aliphatic heterocycles. The summed E-state index contributed by atoms with van der Waals surface area (Å²) in [6, 6.07) is -0.428. The topological polar surface area (TPSA) is 90.9 Å². The van der Waals surface area contributed by atoms with Crippen LogP contribution >= 0.6 is 11.6 Å². The van der Waals surface area contributed by atoms with Crippen molar-refractivity contribution in [2.75, 3.05) is 13.7 Å². The third-order valence-corrected chi connectivity index (χ3v) is 3.13. The molecule has 0 amide bonds. The van der Waals surface area contributed by atoms with Gasteiger partial charge in [0, 0.05) is 19.5 Å². The van der Waals surface area contributed by atoms with Gasteiger partial charge in [-0.15, -0.1) is 0 Å². The van der Waals surface area contributed by atoms with Gasteiger partial charge >= 0.3 is 0 Å². The second-order valence-corrected chi connectivity index (χ2v) is 4.72. The van der Waals surface area contributed by atoms with Crippen LogP contribution in [0.25, 0.3) is 0 Å². The van der Waals surface area contributed by atoms with Gasteiger partial charge < -0.3 is 4.74 Å². The number of ether oxygens (including phenoxy) is 1. The molecule has 1 unspecified atom stereocenters. The summed E-state index contributed by atoms with van der Waals surface area (Å²) in [5, 5.41) is 4.73. The molecular formula is C12H17ClN6O. The number of hydrazine groups is 1. The number of aryl methyl sites for hydroxylation is 1. The third-order valence-electron chi connectivity index (χ3n) is 2.84. The Morgan fingerprint density at radius 1 is 1.40 bits per heavy atom. The molecular weight excluding hydrogens is 280 g/mol. The van der Waals surface area contributed by atoms with E-state index >= 15 is 0 Å². The Labute approximate surface area is 122 Å². The van der Waals surface area contributed by atoms with Gasteiger partial charge in [-0.1, -0.05) is 11.6 Å². The van der Waals surface area contributed by atoms with Gasteiger partial charge in [-0.25, -0.2) is 15.4 Å². The van der Waals surface area contributed by atoms with Crippen LogP contribution in [-0.2, 0) is 11.3 Å². The number of halogens is 1. The molecule has 0 aromatic carbocycles. The molecule has 2 aromatic heterocycles. The van der Waals surface area contributed by atoms with E-state index in [0.29, 0.717) is 24.0 Å². The number of hydrogen-bond donors (Lipinski definition) is 2. The minimum Gasteiger partial charge on any atom is -0.383 e. The summed E-state index contributed by atoms with van der Waals surface area (Å²) in [6.45, 7) is 3.02. The van der Waals surface area contributed by atoms with Crippen molar-refractivity contribution in [3.8, 4) is 0 Å². The highest BCUT2D eigenvalue weighted by Gasteiger charge is 2.23. The quantitative estimate of drug-likeness (QED) is 0.606. The first-order valence-corrected chi connectivity index (χ1v) is 6.50. The van der Waals surface area contributed by atoms with Crippen LogP contribution in [-0.4, -0.2) is 33.5 Å². The minimum absolute atomic E-state index is 0.428. The molecule has 8 heteroatoms. The lowest BCUT2D eigenvalue weighted by Gasteiger charge is -2.17. The van der Waals surface area contributed by atoms with E-state index in [4.69, 9.17) is 22.2 Å². The molecule has 0 fully saturated rings. The summed E-state index contributed by atoms with van der Waals surface area (Å²) in [6.07, 6.45) is 5.04. The van der Waals surface area contributed by atoms with Crippen molar-refractivity contribution in [2.45, 2.75) is 19.5 Å². The van der Waals surface area contributed by atoms with Gasteiger partial charge in [0.05, 0.1) is 30.1 Å². The smallest absolute Gasteiger partial charge is 0.152 e. The number of nitrogens with one attached hydrogen (secondary N) is 1. The van der Waals surface area contributed by atoms with Gasteiger partial charge in [0.15, 0.2) is 5.82 Å². The van der Waals surface area contributed by atoms with Crippen molar-refractivity contribution in [2.24, 2.45) is 5.84 Å². The zero-order valence-corrected chi connectivity index (χ0v) is 12.1. The lowest BCUT2D eigenvalue weighted by atomic mass is 10.2. The molecule has 0 saturated carbocycles. The van der Waals surface area contributed by atoms with E-state index in [-0.39, 0.29) is 0 Å². The normalized spacial score (nSPS) is 12.6. The van der Waals surface area contributed by atoms with Crippen LogP contribution in [0.5, 0.6) is 0 Å². The molecule has 2 aromatic rings. The Balaban J connectivity index is 2.35. The standard InChI is InChI=1S/C12H17ClN6O/c1-8-5-15-12(16-6-8)10(18-14)11-9(13)7-17-19(11)3-4-20-2/h5-7,10,18H,3-4,14H2,1-2H3. The number of aromatic nitrogens is 4. The van der Waals surface area contributed by atoms with Crippen LogP contribution in [0, 0.1) is 6.92 Å². The van der Waals surface area contributed by atoms with Crippen LogP contribution in [0.3, 0.4) is 0 Å². The highest BCUT2D eigenvalue weighted by atomic mass is 35.5. The molecule has 108 valence electrons. The molecule has 0 aliphatic rings. The van der Waals surface area contributed by atoms with E-state index in [1.54, 1.807) is 30.4 Å². The van der Waals surface area contributed by atoms with Crippen LogP contribution in [0.2, 0.25) is 5.02 Å². The molecule has 0 bridgehead atoms. The summed E-state index contributed by atoms with van der Waals surface area (Å²) in [5.74, 6) is 6.18. The SMILES string of the molecule is COCCn1ncc(Cl)c1C(NN)c1ncc(C)cn1. The molecule has 2 rings (SSSR count). The van der Waals surface area contributed by atoms with Crippen LogP contribution in [0.1, 0.15) is 23.1 Å². The molecule has 0 spiro atoms. The van der Waals surface area contributed by atoms with Gasteiger partial charge in [0.25, 0.3) is 0 Å². The zero-order valence-electron chi connectivity index (χ0n) is 11.4. The van der Waals surface area contributed by atoms with E-state index in [2.05, 4.69) is 20.5 Å². The molecule has 0 aliphatic carbocycles. The second kappa shape index (κ2) is 6.76. The van der Waals surface area contributed by atoms with Crippen molar-refractivity contribution < 1.29 is 4.74 Å². The number of nitrogens with zero attached hydrogens (tertiary/aromatic N) is 4. The number of methoxy groups -OCH3 is 1. The molecule has 3 N–H and O–H groups in total. The van der Waals surface area contributed by atoms with Gasteiger partial charge in [0.2, 0.25) is 0 Å². The molecule has 20 heavy (non-hydrogen) atoms. The van der Waals surface area contributed by atoms with E-state index in [1.165, 1.54) is 0 Å². The maximum atomic E-state index is 6.20. The Morgan fingerprint density at radius 2 is 2.10 bits per heavy atom. The maximum Gasteiger partial charge on any atom is 0.152 e. The summed E-state index contributed by atoms with van der Waals surface area (Å²) in [4.78, 5) is 8.57. The first kappa shape index (κ1) is 14.9. The minimum atomic E-state index is -0.428. The summed E-state index contributed by atoms with van der Waals surface area (Å²) in [5.41, 5.74) is 4.38. The van der Waals surface area contributed by atoms with Crippen LogP contribution < -0.4 is 11.3 Å². The van der Waals surface area contributed by atoms with E-state index in [0.717, 1.165) is 11.3 Å². The largest absolute Gasteiger partial charge is 0.383 e. The predicted molar refractivity (Wildman–Crippen MR) is 75.0 cm³/mol. The van der Waals surface area contributed by atoms with Crippen molar-refractivity contribution in [3.05, 3.63) is 40.7 Å². The van der Waals surface area contributed by atoms with E-state index in [9.17, 15) is 0 Å². The molecule has 1 atom stereocenters. The highest BCUT2D eigenvalue weighted by molar-refractivity contribution is 6.31. The Bertz CT molecular complexity index is 556. The number of nitrogens with two attached hydrogens (primary N) is 1. The first-order valence-electron chi connectivity index (χ1n) is 6.12. The summed E-state index contributed by atoms with van der Waals surface area (Å²) in [7, 11) is 1.63. The molecule has 2 heterocycles. The molecule has 0 radical (unpaired) electrons. The Morgan fingerprint density at radius 3 is 2.70 bits per heavy atom. The average molecular weight is 297 g/mol. The highest BCUT2D eigenvalue weighted by Crippen LogP contribution is 2.25. The van der Waals surface area contributed by atoms with Crippen molar-refractivity contribution >= 4 is 11.6 Å². The third kappa shape index (κ3) is 3.13. The van der Waals surface area contributed by atoms with E-state index in [1.807, 2.05) is 6.92 Å². The van der Waals surface area contributed by atoms with Crippen molar-refractivity contribution in [3.63, 3.8) is 0 Å². The average Bonchev–Trinajstić information content (AvgIpc) is 2.81. The van der Waals surface area contributed by atoms with Crippen LogP contribution in [0.15, 0.2) is 18.6 Å². The summed E-state index contributed by atoms with van der Waals surface area (Å²) < 4.78 is 6.79. The first-order chi connectivity index (χ1) is 9.67. The van der Waals surface area contributed by atoms with Crippen LogP contribution in [0.4, 0.5) is 0 Å². The van der Waals surface area contributed by atoms with Gasteiger partial charge in [-0.05, 0) is 12.5 Å². The monoisotopic (exact) mass is 296 g/mol. The predicted octanol–water partition coefficient (Wildman–Crippen LogP) is 0.834. The van der Waals surface area contributed by atoms with E-state index < -0.39 is 6.04 Å². The fourth-order valence-corrected chi connectivity index (χ4v) is 2.09. The second-order valence-electron chi connectivity index (χ2n) is 4.31.